The van der Waals surface area contributed by atoms with E-state index in [1.807, 2.05) is 0 Å². The van der Waals surface area contributed by atoms with Crippen molar-refractivity contribution in [2.45, 2.75) is 0 Å². The summed E-state index contributed by atoms with van der Waals surface area (Å²) in [6.45, 7) is 0. The Morgan fingerprint density at radius 3 is 1.33 bits per heavy atom. The van der Waals surface area contributed by atoms with E-state index in [0.29, 0.717) is 0 Å². The van der Waals surface area contributed by atoms with Crippen LogP contribution in [0, 0.1) is 0 Å². The van der Waals surface area contributed by atoms with E-state index in [9.17, 15) is 0 Å². The summed E-state index contributed by atoms with van der Waals surface area (Å²) in [7, 11) is -3.13. The van der Waals surface area contributed by atoms with Crippen LogP contribution in [0.15, 0.2) is 0 Å². The Morgan fingerprint density at radius 1 is 1.33 bits per heavy atom. The van der Waals surface area contributed by atoms with Crippen molar-refractivity contribution in [1.82, 2.24) is 0 Å². The van der Waals surface area contributed by atoms with E-state index in [1.165, 1.54) is 0 Å². The quantitative estimate of drug-likeness (QED) is 0.396. The normalized spacial score (nSPS) is 2.67. The Kier molecular flexibility index (Phi) is 135. The first-order chi connectivity index (χ1) is 1.73. The molecule has 0 radical (unpaired) electrons. The number of hydrogen-bond acceptors (Lipinski definition) is 1. The number of rotatable bonds is 0. The Balaban J connectivity index is -0.000000001000. The van der Waals surface area contributed by atoms with Gasteiger partial charge in [-0.15, -0.1) is 0 Å². The minimum absolute atomic E-state index is 0. The van der Waals surface area contributed by atoms with Crippen molar-refractivity contribution in [3.63, 3.8) is 0 Å². The Hall–Kier alpha value is 3.14. The summed E-state index contributed by atoms with van der Waals surface area (Å²) >= 11 is 0. The fourth-order valence-corrected chi connectivity index (χ4v) is 0. The molecule has 0 heterocycles. The molecule has 0 saturated heterocycles. The van der Waals surface area contributed by atoms with E-state index >= 15 is 0 Å². The molecule has 0 aliphatic carbocycles. The molecule has 0 aliphatic rings. The molecule has 0 rings (SSSR count). The van der Waals surface area contributed by atoms with Crippen LogP contribution in [0.5, 0.6) is 0 Å². The zero-order valence-electron chi connectivity index (χ0n) is 9.72. The van der Waals surface area contributed by atoms with Crippen molar-refractivity contribution in [3.05, 3.63) is 0 Å². The van der Waals surface area contributed by atoms with Crippen molar-refractivity contribution in [3.8, 4) is 0 Å². The smallest absolute Gasteiger partial charge is 1.00 e. The second kappa shape index (κ2) is 30.4. The van der Waals surface area contributed by atoms with Crippen LogP contribution in [0.25, 0.3) is 0 Å². The third-order valence-corrected chi connectivity index (χ3v) is 0. The van der Waals surface area contributed by atoms with Crippen LogP contribution < -0.4 is 29.6 Å². The van der Waals surface area contributed by atoms with Gasteiger partial charge in [-0.3, -0.25) is 4.46 Å². The molecule has 48 valence electrons. The molecule has 0 amide bonds. The molecule has 4 nitrogen and oxygen atoms in total. The molecular weight excluding hydrogens is 206 g/mol. The standard InChI is InChI=1S/Al.Ca.Mg.Na.H2O3Si.H2O.8H/c;;;;1-4(2)3;;;;;;;;;/h;;;;1-2H;1H2;;;;;;;;/q;2*+2;+1;;;;;;5*-1. The molecule has 0 aromatic carbocycles. The maximum absolute atomic E-state index is 8.74. The Labute approximate surface area is 141 Å². The molecule has 0 atom stereocenters. The summed E-state index contributed by atoms with van der Waals surface area (Å²) in [4.78, 5) is 14.3. The van der Waals surface area contributed by atoms with Gasteiger partial charge < -0.3 is 22.2 Å². The van der Waals surface area contributed by atoms with Gasteiger partial charge in [-0.2, -0.15) is 0 Å². The third-order valence-electron chi connectivity index (χ3n) is 0. The van der Waals surface area contributed by atoms with Gasteiger partial charge in [0.05, 0.1) is 0 Å². The molecule has 0 fully saturated rings. The van der Waals surface area contributed by atoms with Gasteiger partial charge in [-0.1, -0.05) is 0 Å². The van der Waals surface area contributed by atoms with Crippen LogP contribution >= 0.6 is 0 Å². The molecule has 4 N–H and O–H groups in total. The maximum Gasteiger partial charge on any atom is 2.00 e. The van der Waals surface area contributed by atoms with E-state index in [2.05, 4.69) is 0 Å². The maximum atomic E-state index is 8.74. The van der Waals surface area contributed by atoms with Crippen molar-refractivity contribution >= 4 is 87.3 Å². The topological polar surface area (TPSA) is 89.0 Å². The van der Waals surface area contributed by atoms with Crippen molar-refractivity contribution < 1.29 is 56.2 Å². The predicted molar refractivity (Wildman–Crippen MR) is 41.5 cm³/mol. The minimum atomic E-state index is -3.13. The largest absolute Gasteiger partial charge is 2.00 e. The SMILES string of the molecule is O.O=[Si](O)O.[AlH3].[Ca+2].[H-].[H-].[H-].[H-].[H-].[Mg+2].[Na+]. The average molecular weight is 219 g/mol. The summed E-state index contributed by atoms with van der Waals surface area (Å²) in [6, 6.07) is 0. The van der Waals surface area contributed by atoms with E-state index in [4.69, 9.17) is 14.1 Å². The van der Waals surface area contributed by atoms with E-state index in [-0.39, 0.29) is 120 Å². The zero-order chi connectivity index (χ0) is 3.58. The number of hydrogen-bond donors (Lipinski definition) is 2. The minimum Gasteiger partial charge on any atom is -1.00 e. The Bertz CT molecular complexity index is 56.7. The van der Waals surface area contributed by atoms with E-state index < -0.39 is 9.17 Å². The van der Waals surface area contributed by atoms with Gasteiger partial charge in [-0.05, 0) is 0 Å². The summed E-state index contributed by atoms with van der Waals surface area (Å²) in [5, 5.41) is 0. The molecule has 0 aromatic heterocycles. The van der Waals surface area contributed by atoms with Gasteiger partial charge in [-0.25, -0.2) is 0 Å². The van der Waals surface area contributed by atoms with Crippen LogP contribution in [0.2, 0.25) is 0 Å². The fraction of sp³-hybridized carbons (Fsp3) is 0. The molecule has 0 aliphatic heterocycles. The van der Waals surface area contributed by atoms with E-state index in [1.54, 1.807) is 0 Å². The molecule has 0 bridgehead atoms. The molecule has 0 aromatic rings. The van der Waals surface area contributed by atoms with Crippen LogP contribution in [-0.2, 0) is 4.46 Å². The van der Waals surface area contributed by atoms with Gasteiger partial charge in [0.1, 0.15) is 0 Å². The summed E-state index contributed by atoms with van der Waals surface area (Å²) in [5.74, 6) is 0. The van der Waals surface area contributed by atoms with Gasteiger partial charge >= 0.3 is 99.5 Å². The van der Waals surface area contributed by atoms with Crippen LogP contribution in [0.1, 0.15) is 7.13 Å². The molecule has 0 spiro atoms. The summed E-state index contributed by atoms with van der Waals surface area (Å²) in [5.41, 5.74) is 0. The van der Waals surface area contributed by atoms with Gasteiger partial charge in [0.2, 0.25) is 0 Å². The first-order valence-electron chi connectivity index (χ1n) is 0.651. The summed E-state index contributed by atoms with van der Waals surface area (Å²) in [6.07, 6.45) is 0. The zero-order valence-corrected chi connectivity index (χ0v) is 11.3. The molecule has 9 heavy (non-hydrogen) atoms. The first-order valence-corrected chi connectivity index (χ1v) is 1.95. The third kappa shape index (κ3) is 94.5. The predicted octanol–water partition coefficient (Wildman–Crippen LogP) is -6.82. The van der Waals surface area contributed by atoms with Gasteiger partial charge in [0.15, 0.2) is 17.4 Å². The van der Waals surface area contributed by atoms with Gasteiger partial charge in [0, 0.05) is 0 Å². The average Bonchev–Trinajstić information content (AvgIpc) is 0.811. The Morgan fingerprint density at radius 2 is 1.33 bits per heavy atom. The second-order valence-electron chi connectivity index (χ2n) is 0.283. The van der Waals surface area contributed by atoms with Crippen molar-refractivity contribution in [2.75, 3.05) is 0 Å². The van der Waals surface area contributed by atoms with Crippen molar-refractivity contribution in [2.24, 2.45) is 0 Å². The van der Waals surface area contributed by atoms with Crippen molar-refractivity contribution in [1.29, 1.82) is 0 Å². The second-order valence-corrected chi connectivity index (χ2v) is 0.848. The van der Waals surface area contributed by atoms with Crippen LogP contribution in [0.4, 0.5) is 0 Å². The van der Waals surface area contributed by atoms with E-state index in [0.717, 1.165) is 0 Å². The fourth-order valence-electron chi connectivity index (χ4n) is 0. The van der Waals surface area contributed by atoms with Crippen LogP contribution in [0.3, 0.4) is 0 Å². The molecule has 0 unspecified atom stereocenters. The summed E-state index contributed by atoms with van der Waals surface area (Å²) < 4.78 is 8.74. The monoisotopic (exact) mass is 218 g/mol. The first kappa shape index (κ1) is 40.0. The molecule has 0 saturated carbocycles. The molecular formula is H12AlCaMgNaO4Si. The van der Waals surface area contributed by atoms with Crippen LogP contribution in [-0.4, -0.2) is 102 Å². The molecule has 9 heteroatoms. The van der Waals surface area contributed by atoms with Gasteiger partial charge in [0.25, 0.3) is 0 Å².